The Morgan fingerprint density at radius 3 is 2.47 bits per heavy atom. The topological polar surface area (TPSA) is 54.9 Å². The fourth-order valence-electron chi connectivity index (χ4n) is 3.60. The van der Waals surface area contributed by atoms with Crippen molar-refractivity contribution in [1.29, 1.82) is 0 Å². The maximum atomic E-state index is 12.9. The zero-order chi connectivity index (χ0) is 23.1. The Bertz CT molecular complexity index is 1170. The number of benzene rings is 1. The molecule has 0 saturated carbocycles. The van der Waals surface area contributed by atoms with Crippen LogP contribution in [0.4, 0.5) is 26.3 Å². The van der Waals surface area contributed by atoms with Crippen molar-refractivity contribution >= 4 is 5.91 Å². The summed E-state index contributed by atoms with van der Waals surface area (Å²) in [5, 5.41) is 2.71. The molecule has 1 amide bonds. The van der Waals surface area contributed by atoms with Crippen LogP contribution in [0.15, 0.2) is 54.7 Å². The van der Waals surface area contributed by atoms with E-state index in [0.717, 1.165) is 30.5 Å². The van der Waals surface area contributed by atoms with Gasteiger partial charge in [0.1, 0.15) is 5.69 Å². The van der Waals surface area contributed by atoms with Crippen LogP contribution in [0.25, 0.3) is 11.3 Å². The number of hydrogen-bond acceptors (Lipinski definition) is 3. The minimum atomic E-state index is -4.58. The van der Waals surface area contributed by atoms with E-state index in [9.17, 15) is 31.1 Å². The highest BCUT2D eigenvalue weighted by molar-refractivity contribution is 5.94. The molecule has 0 radical (unpaired) electrons. The molecule has 4 nitrogen and oxygen atoms in total. The monoisotopic (exact) mass is 451 g/mol. The zero-order valence-corrected chi connectivity index (χ0v) is 16.3. The van der Waals surface area contributed by atoms with Crippen molar-refractivity contribution in [3.8, 4) is 11.3 Å². The van der Waals surface area contributed by atoms with Gasteiger partial charge in [0.15, 0.2) is 0 Å². The first-order valence-corrected chi connectivity index (χ1v) is 9.54. The molecular weight excluding hydrogens is 436 g/mol. The molecule has 0 fully saturated rings. The van der Waals surface area contributed by atoms with Gasteiger partial charge in [-0.15, -0.1) is 0 Å². The lowest BCUT2D eigenvalue weighted by molar-refractivity contribution is -0.141. The predicted molar refractivity (Wildman–Crippen MR) is 102 cm³/mol. The van der Waals surface area contributed by atoms with Crippen LogP contribution in [-0.2, 0) is 18.8 Å². The Morgan fingerprint density at radius 1 is 0.969 bits per heavy atom. The molecule has 0 spiro atoms. The molecule has 1 unspecified atom stereocenters. The molecule has 2 heterocycles. The Balaban J connectivity index is 1.54. The summed E-state index contributed by atoms with van der Waals surface area (Å²) in [6, 6.07) is 9.21. The van der Waals surface area contributed by atoms with E-state index in [2.05, 4.69) is 15.3 Å². The summed E-state index contributed by atoms with van der Waals surface area (Å²) in [5.74, 6) is -0.651. The third-order valence-corrected chi connectivity index (χ3v) is 5.16. The summed E-state index contributed by atoms with van der Waals surface area (Å²) in [6.45, 7) is 0. The van der Waals surface area contributed by atoms with Gasteiger partial charge in [-0.05, 0) is 54.8 Å². The van der Waals surface area contributed by atoms with E-state index in [1.165, 1.54) is 12.1 Å². The van der Waals surface area contributed by atoms with E-state index < -0.39 is 35.6 Å². The van der Waals surface area contributed by atoms with Gasteiger partial charge in [0, 0.05) is 23.0 Å². The van der Waals surface area contributed by atoms with Gasteiger partial charge in [0.05, 0.1) is 17.3 Å². The number of pyridine rings is 2. The van der Waals surface area contributed by atoms with Crippen LogP contribution < -0.4 is 5.32 Å². The minimum Gasteiger partial charge on any atom is -0.345 e. The van der Waals surface area contributed by atoms with Gasteiger partial charge in [0.2, 0.25) is 0 Å². The van der Waals surface area contributed by atoms with Crippen molar-refractivity contribution in [1.82, 2.24) is 15.3 Å². The lowest BCUT2D eigenvalue weighted by atomic mass is 10.1. The average molecular weight is 451 g/mol. The van der Waals surface area contributed by atoms with Gasteiger partial charge < -0.3 is 5.32 Å². The summed E-state index contributed by atoms with van der Waals surface area (Å²) >= 11 is 0. The summed E-state index contributed by atoms with van der Waals surface area (Å²) in [6.07, 6.45) is -7.14. The lowest BCUT2D eigenvalue weighted by Gasteiger charge is -2.15. The third kappa shape index (κ3) is 4.44. The Hall–Kier alpha value is -3.43. The number of carbonyl (C=O) groups excluding carboxylic acids is 1. The molecule has 32 heavy (non-hydrogen) atoms. The summed E-state index contributed by atoms with van der Waals surface area (Å²) in [7, 11) is 0. The number of alkyl halides is 6. The van der Waals surface area contributed by atoms with Crippen LogP contribution in [0.5, 0.6) is 0 Å². The SMILES string of the molecule is O=C(NC1CCc2nc(-c3ccnc(C(F)(F)F)c3)ccc21)c1cccc(C(F)(F)F)c1. The maximum Gasteiger partial charge on any atom is 0.433 e. The third-order valence-electron chi connectivity index (χ3n) is 5.16. The number of aryl methyl sites for hydroxylation is 1. The molecule has 0 aliphatic heterocycles. The van der Waals surface area contributed by atoms with Crippen molar-refractivity contribution in [3.63, 3.8) is 0 Å². The van der Waals surface area contributed by atoms with E-state index >= 15 is 0 Å². The minimum absolute atomic E-state index is 0.116. The number of amides is 1. The molecule has 1 aliphatic carbocycles. The number of nitrogens with zero attached hydrogens (tertiary/aromatic N) is 2. The van der Waals surface area contributed by atoms with E-state index in [0.29, 0.717) is 29.8 Å². The highest BCUT2D eigenvalue weighted by Crippen LogP contribution is 2.34. The van der Waals surface area contributed by atoms with E-state index in [1.54, 1.807) is 12.1 Å². The van der Waals surface area contributed by atoms with Crippen LogP contribution in [0.1, 0.15) is 45.3 Å². The van der Waals surface area contributed by atoms with Gasteiger partial charge in [-0.2, -0.15) is 26.3 Å². The smallest absolute Gasteiger partial charge is 0.345 e. The molecule has 1 aromatic carbocycles. The fraction of sp³-hybridized carbons (Fsp3) is 0.227. The summed E-state index contributed by atoms with van der Waals surface area (Å²) in [5.41, 5.74) is -0.175. The highest BCUT2D eigenvalue weighted by Gasteiger charge is 2.33. The largest absolute Gasteiger partial charge is 0.433 e. The first-order valence-electron chi connectivity index (χ1n) is 9.54. The van der Waals surface area contributed by atoms with E-state index in [1.807, 2.05) is 0 Å². The van der Waals surface area contributed by atoms with Gasteiger partial charge >= 0.3 is 12.4 Å². The molecule has 2 aromatic heterocycles. The molecule has 4 rings (SSSR count). The molecule has 10 heteroatoms. The second-order valence-corrected chi connectivity index (χ2v) is 7.30. The fourth-order valence-corrected chi connectivity index (χ4v) is 3.60. The second kappa shape index (κ2) is 7.92. The van der Waals surface area contributed by atoms with Crippen molar-refractivity contribution < 1.29 is 31.1 Å². The van der Waals surface area contributed by atoms with Gasteiger partial charge in [-0.25, -0.2) is 0 Å². The zero-order valence-electron chi connectivity index (χ0n) is 16.3. The maximum absolute atomic E-state index is 12.9. The van der Waals surface area contributed by atoms with Crippen LogP contribution in [0, 0.1) is 0 Å². The molecule has 0 saturated heterocycles. The Kier molecular flexibility index (Phi) is 5.39. The number of halogens is 6. The standard InChI is InChI=1S/C22H15F6N3O/c23-21(24,25)14-3-1-2-13(10-14)20(32)31-18-7-6-17-15(18)4-5-16(30-17)12-8-9-29-19(11-12)22(26,27)28/h1-5,8-11,18H,6-7H2,(H,31,32). The molecular formula is C22H15F6N3O. The van der Waals surface area contributed by atoms with Gasteiger partial charge in [-0.1, -0.05) is 12.1 Å². The Labute approximate surface area is 178 Å². The van der Waals surface area contributed by atoms with Crippen molar-refractivity contribution in [2.75, 3.05) is 0 Å². The normalized spacial score (nSPS) is 16.0. The predicted octanol–water partition coefficient (Wildman–Crippen LogP) is 5.60. The quantitative estimate of drug-likeness (QED) is 0.528. The van der Waals surface area contributed by atoms with Crippen molar-refractivity contribution in [2.45, 2.75) is 31.2 Å². The van der Waals surface area contributed by atoms with Gasteiger partial charge in [0.25, 0.3) is 5.91 Å². The summed E-state index contributed by atoms with van der Waals surface area (Å²) < 4.78 is 77.4. The van der Waals surface area contributed by atoms with Crippen molar-refractivity contribution in [2.24, 2.45) is 0 Å². The van der Waals surface area contributed by atoms with Crippen molar-refractivity contribution in [3.05, 3.63) is 82.8 Å². The number of hydrogen-bond donors (Lipinski definition) is 1. The lowest BCUT2D eigenvalue weighted by Crippen LogP contribution is -2.27. The molecule has 166 valence electrons. The van der Waals surface area contributed by atoms with Crippen LogP contribution in [0.3, 0.4) is 0 Å². The van der Waals surface area contributed by atoms with Crippen LogP contribution >= 0.6 is 0 Å². The Morgan fingerprint density at radius 2 is 1.75 bits per heavy atom. The van der Waals surface area contributed by atoms with Crippen LogP contribution in [-0.4, -0.2) is 15.9 Å². The van der Waals surface area contributed by atoms with E-state index in [4.69, 9.17) is 0 Å². The first-order chi connectivity index (χ1) is 15.0. The number of carbonyl (C=O) groups is 1. The number of aromatic nitrogens is 2. The molecule has 1 aliphatic rings. The van der Waals surface area contributed by atoms with Gasteiger partial charge in [-0.3, -0.25) is 14.8 Å². The highest BCUT2D eigenvalue weighted by atomic mass is 19.4. The average Bonchev–Trinajstić information content (AvgIpc) is 3.14. The summed E-state index contributed by atoms with van der Waals surface area (Å²) in [4.78, 5) is 20.3. The second-order valence-electron chi connectivity index (χ2n) is 7.30. The number of rotatable bonds is 3. The number of nitrogens with one attached hydrogen (secondary N) is 1. The molecule has 1 N–H and O–H groups in total. The molecule has 1 atom stereocenters. The first kappa shape index (κ1) is 21.8. The number of fused-ring (bicyclic) bond motifs is 1. The van der Waals surface area contributed by atoms with Crippen LogP contribution in [0.2, 0.25) is 0 Å². The molecule has 0 bridgehead atoms. The van der Waals surface area contributed by atoms with E-state index in [-0.39, 0.29) is 11.1 Å². The molecule has 3 aromatic rings.